The highest BCUT2D eigenvalue weighted by Gasteiger charge is 2.19. The minimum absolute atomic E-state index is 0.0270. The molecule has 5 heteroatoms. The molecule has 1 heterocycles. The third-order valence-corrected chi connectivity index (χ3v) is 3.42. The van der Waals surface area contributed by atoms with Gasteiger partial charge in [0.15, 0.2) is 6.61 Å². The monoisotopic (exact) mass is 273 g/mol. The SMILES string of the molecule is CN1CCN(C(=O)COc2ccc(CC#N)cc2)CC1. The van der Waals surface area contributed by atoms with Crippen molar-refractivity contribution in [3.63, 3.8) is 0 Å². The highest BCUT2D eigenvalue weighted by Crippen LogP contribution is 2.12. The van der Waals surface area contributed by atoms with Crippen LogP contribution < -0.4 is 4.74 Å². The molecule has 2 rings (SSSR count). The summed E-state index contributed by atoms with van der Waals surface area (Å²) >= 11 is 0. The number of rotatable bonds is 4. The van der Waals surface area contributed by atoms with E-state index in [0.29, 0.717) is 12.2 Å². The molecule has 1 aliphatic rings. The first kappa shape index (κ1) is 14.4. The highest BCUT2D eigenvalue weighted by atomic mass is 16.5. The predicted octanol–water partition coefficient (Wildman–Crippen LogP) is 0.905. The number of benzene rings is 1. The lowest BCUT2D eigenvalue weighted by molar-refractivity contribution is -0.134. The molecule has 0 unspecified atom stereocenters. The van der Waals surface area contributed by atoms with Gasteiger partial charge in [0.05, 0.1) is 12.5 Å². The predicted molar refractivity (Wildman–Crippen MR) is 75.3 cm³/mol. The Kier molecular flexibility index (Phi) is 4.97. The quantitative estimate of drug-likeness (QED) is 0.818. The van der Waals surface area contributed by atoms with E-state index >= 15 is 0 Å². The highest BCUT2D eigenvalue weighted by molar-refractivity contribution is 5.77. The second-order valence-electron chi connectivity index (χ2n) is 4.95. The number of nitrogens with zero attached hydrogens (tertiary/aromatic N) is 3. The molecule has 0 N–H and O–H groups in total. The van der Waals surface area contributed by atoms with Gasteiger partial charge in [0.2, 0.25) is 0 Å². The number of nitriles is 1. The van der Waals surface area contributed by atoms with Crippen LogP contribution in [0.1, 0.15) is 5.56 Å². The molecule has 5 nitrogen and oxygen atoms in total. The molecule has 0 saturated carbocycles. The zero-order chi connectivity index (χ0) is 14.4. The standard InChI is InChI=1S/C15H19N3O2/c1-17-8-10-18(11-9-17)15(19)12-20-14-4-2-13(3-5-14)6-7-16/h2-5H,6,8-12H2,1H3. The van der Waals surface area contributed by atoms with E-state index in [0.717, 1.165) is 31.7 Å². The molecular formula is C15H19N3O2. The van der Waals surface area contributed by atoms with Crippen molar-refractivity contribution in [1.29, 1.82) is 5.26 Å². The molecule has 1 aliphatic heterocycles. The second kappa shape index (κ2) is 6.92. The minimum atomic E-state index is 0.0270. The fourth-order valence-corrected chi connectivity index (χ4v) is 2.09. The zero-order valence-electron chi connectivity index (χ0n) is 11.7. The summed E-state index contributed by atoms with van der Waals surface area (Å²) in [6, 6.07) is 9.38. The molecule has 0 bridgehead atoms. The van der Waals surface area contributed by atoms with E-state index in [4.69, 9.17) is 10.00 Å². The van der Waals surface area contributed by atoms with Crippen molar-refractivity contribution >= 4 is 5.91 Å². The second-order valence-corrected chi connectivity index (χ2v) is 4.95. The van der Waals surface area contributed by atoms with Crippen LogP contribution >= 0.6 is 0 Å². The number of amides is 1. The molecular weight excluding hydrogens is 254 g/mol. The molecule has 0 spiro atoms. The van der Waals surface area contributed by atoms with Crippen LogP contribution in [0, 0.1) is 11.3 Å². The van der Waals surface area contributed by atoms with Gasteiger partial charge in [-0.2, -0.15) is 5.26 Å². The summed E-state index contributed by atoms with van der Waals surface area (Å²) in [5.41, 5.74) is 0.949. The van der Waals surface area contributed by atoms with Crippen LogP contribution in [0.4, 0.5) is 0 Å². The number of hydrogen-bond acceptors (Lipinski definition) is 4. The average Bonchev–Trinajstić information content (AvgIpc) is 2.47. The molecule has 1 aromatic rings. The molecule has 1 saturated heterocycles. The summed E-state index contributed by atoms with van der Waals surface area (Å²) in [6.45, 7) is 3.42. The van der Waals surface area contributed by atoms with Crippen molar-refractivity contribution in [2.45, 2.75) is 6.42 Å². The molecule has 1 aromatic carbocycles. The Morgan fingerprint density at radius 3 is 2.50 bits per heavy atom. The number of carbonyl (C=O) groups excluding carboxylic acids is 1. The largest absolute Gasteiger partial charge is 0.484 e. The minimum Gasteiger partial charge on any atom is -0.484 e. The van der Waals surface area contributed by atoms with Crippen molar-refractivity contribution in [2.75, 3.05) is 39.8 Å². The number of ether oxygens (including phenoxy) is 1. The molecule has 1 amide bonds. The normalized spacial score (nSPS) is 15.7. The van der Waals surface area contributed by atoms with E-state index in [1.54, 1.807) is 12.1 Å². The van der Waals surface area contributed by atoms with Gasteiger partial charge in [0, 0.05) is 26.2 Å². The lowest BCUT2D eigenvalue weighted by Crippen LogP contribution is -2.48. The van der Waals surface area contributed by atoms with Crippen LogP contribution in [0.3, 0.4) is 0 Å². The van der Waals surface area contributed by atoms with E-state index in [9.17, 15) is 4.79 Å². The maximum atomic E-state index is 12.0. The van der Waals surface area contributed by atoms with Crippen molar-refractivity contribution in [1.82, 2.24) is 9.80 Å². The van der Waals surface area contributed by atoms with Gasteiger partial charge < -0.3 is 14.5 Å². The number of piperazine rings is 1. The first-order chi connectivity index (χ1) is 9.69. The smallest absolute Gasteiger partial charge is 0.260 e. The number of likely N-dealkylation sites (N-methyl/N-ethyl adjacent to an activating group) is 1. The lowest BCUT2D eigenvalue weighted by atomic mass is 10.2. The Morgan fingerprint density at radius 1 is 1.25 bits per heavy atom. The maximum absolute atomic E-state index is 12.0. The van der Waals surface area contributed by atoms with E-state index in [2.05, 4.69) is 18.0 Å². The van der Waals surface area contributed by atoms with Gasteiger partial charge >= 0.3 is 0 Å². The van der Waals surface area contributed by atoms with Crippen molar-refractivity contribution < 1.29 is 9.53 Å². The van der Waals surface area contributed by atoms with Crippen LogP contribution in [0.25, 0.3) is 0 Å². The molecule has 20 heavy (non-hydrogen) atoms. The third kappa shape index (κ3) is 3.97. The van der Waals surface area contributed by atoms with Crippen LogP contribution in [-0.2, 0) is 11.2 Å². The molecule has 0 aromatic heterocycles. The Labute approximate surface area is 119 Å². The first-order valence-corrected chi connectivity index (χ1v) is 6.74. The summed E-state index contributed by atoms with van der Waals surface area (Å²) in [7, 11) is 2.06. The van der Waals surface area contributed by atoms with Crippen LogP contribution in [0.5, 0.6) is 5.75 Å². The fourth-order valence-electron chi connectivity index (χ4n) is 2.09. The summed E-state index contributed by atoms with van der Waals surface area (Å²) in [6.07, 6.45) is 0.389. The van der Waals surface area contributed by atoms with Crippen LogP contribution in [-0.4, -0.2) is 55.5 Å². The van der Waals surface area contributed by atoms with Crippen molar-refractivity contribution in [3.8, 4) is 11.8 Å². The van der Waals surface area contributed by atoms with Crippen molar-refractivity contribution in [2.24, 2.45) is 0 Å². The first-order valence-electron chi connectivity index (χ1n) is 6.74. The van der Waals surface area contributed by atoms with Crippen LogP contribution in [0.15, 0.2) is 24.3 Å². The Hall–Kier alpha value is -2.06. The summed E-state index contributed by atoms with van der Waals surface area (Å²) in [5.74, 6) is 0.688. The Bertz CT molecular complexity index is 485. The third-order valence-electron chi connectivity index (χ3n) is 3.42. The number of hydrogen-bond donors (Lipinski definition) is 0. The molecule has 106 valence electrons. The van der Waals surface area contributed by atoms with E-state index in [1.165, 1.54) is 0 Å². The zero-order valence-corrected chi connectivity index (χ0v) is 11.7. The summed E-state index contributed by atoms with van der Waals surface area (Å²) in [5, 5.41) is 8.59. The van der Waals surface area contributed by atoms with Gasteiger partial charge in [0.1, 0.15) is 5.75 Å². The molecule has 0 atom stereocenters. The van der Waals surface area contributed by atoms with Gasteiger partial charge in [-0.15, -0.1) is 0 Å². The van der Waals surface area contributed by atoms with Gasteiger partial charge in [0.25, 0.3) is 5.91 Å². The van der Waals surface area contributed by atoms with Crippen molar-refractivity contribution in [3.05, 3.63) is 29.8 Å². The van der Waals surface area contributed by atoms with E-state index in [-0.39, 0.29) is 12.5 Å². The van der Waals surface area contributed by atoms with Crippen LogP contribution in [0.2, 0.25) is 0 Å². The number of carbonyl (C=O) groups is 1. The topological polar surface area (TPSA) is 56.6 Å². The fraction of sp³-hybridized carbons (Fsp3) is 0.467. The molecule has 0 radical (unpaired) electrons. The van der Waals surface area contributed by atoms with Gasteiger partial charge in [-0.05, 0) is 24.7 Å². The summed E-state index contributed by atoms with van der Waals surface area (Å²) < 4.78 is 5.49. The van der Waals surface area contributed by atoms with Gasteiger partial charge in [-0.3, -0.25) is 4.79 Å². The Balaban J connectivity index is 1.79. The van der Waals surface area contributed by atoms with Gasteiger partial charge in [-0.1, -0.05) is 12.1 Å². The van der Waals surface area contributed by atoms with E-state index in [1.807, 2.05) is 17.0 Å². The Morgan fingerprint density at radius 2 is 1.90 bits per heavy atom. The average molecular weight is 273 g/mol. The lowest BCUT2D eigenvalue weighted by Gasteiger charge is -2.32. The molecule has 1 fully saturated rings. The van der Waals surface area contributed by atoms with Gasteiger partial charge in [-0.25, -0.2) is 0 Å². The molecule has 0 aliphatic carbocycles. The van der Waals surface area contributed by atoms with E-state index < -0.39 is 0 Å². The summed E-state index contributed by atoms with van der Waals surface area (Å²) in [4.78, 5) is 16.0. The maximum Gasteiger partial charge on any atom is 0.260 e.